The van der Waals surface area contributed by atoms with E-state index in [1.807, 2.05) is 31.2 Å². The second kappa shape index (κ2) is 10.4. The van der Waals surface area contributed by atoms with Crippen LogP contribution < -0.4 is 4.74 Å². The van der Waals surface area contributed by atoms with E-state index < -0.39 is 0 Å². The molecule has 0 aromatic heterocycles. The number of piperazine rings is 1. The van der Waals surface area contributed by atoms with E-state index in [9.17, 15) is 9.59 Å². The van der Waals surface area contributed by atoms with E-state index in [4.69, 9.17) is 14.6 Å². The standard InChI is InChI=1S/C18H26N2O3.CH2O2/c1-5-19-12-17(21)20(16(18(19)22)9-13(2)3)11-14-7-6-8-15(10-14)23-4;2-1-3/h6-8,10,13,16H,5,9,11-12H2,1-4H3;1H,(H,2,3)/t16-;/m0./s1. The lowest BCUT2D eigenvalue weighted by molar-refractivity contribution is -0.157. The zero-order valence-corrected chi connectivity index (χ0v) is 15.8. The van der Waals surface area contributed by atoms with Crippen LogP contribution in [0.15, 0.2) is 24.3 Å². The molecule has 1 atom stereocenters. The maximum Gasteiger partial charge on any atom is 0.290 e. The van der Waals surface area contributed by atoms with Crippen LogP contribution in [0.3, 0.4) is 0 Å². The predicted molar refractivity (Wildman–Crippen MR) is 97.7 cm³/mol. The lowest BCUT2D eigenvalue weighted by Crippen LogP contribution is -2.59. The zero-order chi connectivity index (χ0) is 19.7. The van der Waals surface area contributed by atoms with Crippen LogP contribution >= 0.6 is 0 Å². The number of benzene rings is 1. The number of carboxylic acid groups (broad SMARTS) is 1. The Morgan fingerprint density at radius 1 is 1.35 bits per heavy atom. The average molecular weight is 364 g/mol. The van der Waals surface area contributed by atoms with Crippen molar-refractivity contribution in [2.45, 2.75) is 39.8 Å². The lowest BCUT2D eigenvalue weighted by Gasteiger charge is -2.40. The molecule has 7 heteroatoms. The molecule has 1 aromatic carbocycles. The minimum absolute atomic E-state index is 0.0138. The van der Waals surface area contributed by atoms with Crippen LogP contribution in [-0.4, -0.2) is 59.4 Å². The van der Waals surface area contributed by atoms with Gasteiger partial charge in [-0.1, -0.05) is 26.0 Å². The number of likely N-dealkylation sites (N-methyl/N-ethyl adjacent to an activating group) is 1. The summed E-state index contributed by atoms with van der Waals surface area (Å²) in [5, 5.41) is 6.89. The van der Waals surface area contributed by atoms with Gasteiger partial charge in [-0.3, -0.25) is 14.4 Å². The molecule has 0 unspecified atom stereocenters. The van der Waals surface area contributed by atoms with Crippen molar-refractivity contribution in [3.8, 4) is 5.75 Å². The van der Waals surface area contributed by atoms with Gasteiger partial charge in [-0.15, -0.1) is 0 Å². The Hall–Kier alpha value is -2.57. The molecule has 1 aliphatic heterocycles. The van der Waals surface area contributed by atoms with E-state index in [0.717, 1.165) is 11.3 Å². The molecular weight excluding hydrogens is 336 g/mol. The van der Waals surface area contributed by atoms with Gasteiger partial charge in [0, 0.05) is 13.1 Å². The Balaban J connectivity index is 0.00000105. The predicted octanol–water partition coefficient (Wildman–Crippen LogP) is 2.00. The fourth-order valence-electron chi connectivity index (χ4n) is 2.96. The maximum absolute atomic E-state index is 12.7. The highest BCUT2D eigenvalue weighted by molar-refractivity contribution is 5.94. The minimum atomic E-state index is -0.373. The number of hydrogen-bond acceptors (Lipinski definition) is 4. The molecule has 0 aliphatic carbocycles. The highest BCUT2D eigenvalue weighted by Crippen LogP contribution is 2.23. The summed E-state index contributed by atoms with van der Waals surface area (Å²) in [7, 11) is 1.62. The second-order valence-corrected chi connectivity index (χ2v) is 6.48. The average Bonchev–Trinajstić information content (AvgIpc) is 2.61. The zero-order valence-electron chi connectivity index (χ0n) is 15.8. The van der Waals surface area contributed by atoms with Gasteiger partial charge in [-0.05, 0) is 37.0 Å². The van der Waals surface area contributed by atoms with E-state index in [0.29, 0.717) is 25.4 Å². The molecule has 0 spiro atoms. The van der Waals surface area contributed by atoms with Crippen LogP contribution in [-0.2, 0) is 20.9 Å². The van der Waals surface area contributed by atoms with Gasteiger partial charge in [0.2, 0.25) is 11.8 Å². The summed E-state index contributed by atoms with van der Waals surface area (Å²) in [6.45, 7) is 7.00. The number of hydrogen-bond donors (Lipinski definition) is 1. The van der Waals surface area contributed by atoms with Crippen molar-refractivity contribution in [3.63, 3.8) is 0 Å². The van der Waals surface area contributed by atoms with E-state index in [1.54, 1.807) is 16.9 Å². The van der Waals surface area contributed by atoms with E-state index in [1.165, 1.54) is 0 Å². The number of amides is 2. The Morgan fingerprint density at radius 2 is 2.00 bits per heavy atom. The van der Waals surface area contributed by atoms with Gasteiger partial charge in [0.1, 0.15) is 11.8 Å². The normalized spacial score (nSPS) is 17.0. The molecular formula is C19H28N2O5. The number of ether oxygens (including phenoxy) is 1. The number of nitrogens with zero attached hydrogens (tertiary/aromatic N) is 2. The molecule has 0 saturated carbocycles. The van der Waals surface area contributed by atoms with Crippen molar-refractivity contribution in [2.24, 2.45) is 5.92 Å². The summed E-state index contributed by atoms with van der Waals surface area (Å²) in [6, 6.07) is 7.27. The topological polar surface area (TPSA) is 87.2 Å². The molecule has 1 aliphatic rings. The minimum Gasteiger partial charge on any atom is -0.497 e. The van der Waals surface area contributed by atoms with Gasteiger partial charge in [-0.25, -0.2) is 0 Å². The third kappa shape index (κ3) is 5.75. The van der Waals surface area contributed by atoms with Crippen LogP contribution in [0.4, 0.5) is 0 Å². The quantitative estimate of drug-likeness (QED) is 0.780. The summed E-state index contributed by atoms with van der Waals surface area (Å²) in [6.07, 6.45) is 0.686. The van der Waals surface area contributed by atoms with Crippen molar-refractivity contribution in [1.29, 1.82) is 0 Å². The molecule has 26 heavy (non-hydrogen) atoms. The molecule has 2 amide bonds. The van der Waals surface area contributed by atoms with Gasteiger partial charge in [0.05, 0.1) is 13.7 Å². The third-order valence-electron chi connectivity index (χ3n) is 4.18. The Bertz CT molecular complexity index is 618. The van der Waals surface area contributed by atoms with Crippen LogP contribution in [0.2, 0.25) is 0 Å². The molecule has 0 radical (unpaired) electrons. The molecule has 1 N–H and O–H groups in total. The van der Waals surface area contributed by atoms with Crippen molar-refractivity contribution in [2.75, 3.05) is 20.2 Å². The number of rotatable bonds is 6. The van der Waals surface area contributed by atoms with Gasteiger partial charge in [0.25, 0.3) is 6.47 Å². The van der Waals surface area contributed by atoms with Crippen molar-refractivity contribution < 1.29 is 24.2 Å². The second-order valence-electron chi connectivity index (χ2n) is 6.48. The third-order valence-corrected chi connectivity index (χ3v) is 4.18. The van der Waals surface area contributed by atoms with Crippen LogP contribution in [0.5, 0.6) is 5.75 Å². The highest BCUT2D eigenvalue weighted by atomic mass is 16.5. The SMILES string of the molecule is CCN1CC(=O)N(Cc2cccc(OC)c2)[C@@H](CC(C)C)C1=O.O=CO. The first-order valence-corrected chi connectivity index (χ1v) is 8.66. The Labute approximate surface area is 154 Å². The fraction of sp³-hybridized carbons (Fsp3) is 0.526. The van der Waals surface area contributed by atoms with Crippen LogP contribution in [0, 0.1) is 5.92 Å². The summed E-state index contributed by atoms with van der Waals surface area (Å²) in [4.78, 5) is 37.0. The number of methoxy groups -OCH3 is 1. The first-order valence-electron chi connectivity index (χ1n) is 8.66. The summed E-state index contributed by atoms with van der Waals surface area (Å²) in [5.74, 6) is 1.18. The lowest BCUT2D eigenvalue weighted by atomic mass is 9.98. The first-order chi connectivity index (χ1) is 12.4. The van der Waals surface area contributed by atoms with Gasteiger partial charge >= 0.3 is 0 Å². The smallest absolute Gasteiger partial charge is 0.290 e. The van der Waals surface area contributed by atoms with Crippen LogP contribution in [0.25, 0.3) is 0 Å². The molecule has 1 heterocycles. The molecule has 7 nitrogen and oxygen atoms in total. The first kappa shape index (κ1) is 21.5. The molecule has 1 fully saturated rings. The largest absolute Gasteiger partial charge is 0.497 e. The molecule has 1 aromatic rings. The van der Waals surface area contributed by atoms with E-state index >= 15 is 0 Å². The molecule has 1 saturated heterocycles. The van der Waals surface area contributed by atoms with E-state index in [2.05, 4.69) is 13.8 Å². The van der Waals surface area contributed by atoms with Crippen molar-refractivity contribution in [3.05, 3.63) is 29.8 Å². The van der Waals surface area contributed by atoms with E-state index in [-0.39, 0.29) is 30.9 Å². The highest BCUT2D eigenvalue weighted by Gasteiger charge is 2.38. The van der Waals surface area contributed by atoms with Crippen molar-refractivity contribution in [1.82, 2.24) is 9.80 Å². The molecule has 0 bridgehead atoms. The number of carbonyl (C=O) groups excluding carboxylic acids is 2. The van der Waals surface area contributed by atoms with Crippen molar-refractivity contribution >= 4 is 18.3 Å². The summed E-state index contributed by atoms with van der Waals surface area (Å²) in [5.41, 5.74) is 0.976. The van der Waals surface area contributed by atoms with Gasteiger partial charge < -0.3 is 19.6 Å². The van der Waals surface area contributed by atoms with Gasteiger partial charge in [0.15, 0.2) is 0 Å². The fourth-order valence-corrected chi connectivity index (χ4v) is 2.96. The van der Waals surface area contributed by atoms with Crippen LogP contribution in [0.1, 0.15) is 32.8 Å². The molecule has 2 rings (SSSR count). The summed E-state index contributed by atoms with van der Waals surface area (Å²) >= 11 is 0. The maximum atomic E-state index is 12.7. The Morgan fingerprint density at radius 3 is 2.54 bits per heavy atom. The number of carbonyl (C=O) groups is 3. The monoisotopic (exact) mass is 364 g/mol. The summed E-state index contributed by atoms with van der Waals surface area (Å²) < 4.78 is 5.24. The Kier molecular flexibility index (Phi) is 8.61. The van der Waals surface area contributed by atoms with Gasteiger partial charge in [-0.2, -0.15) is 0 Å². The molecule has 144 valence electrons.